The topological polar surface area (TPSA) is 25.8 Å². The molecule has 0 atom stereocenters. The quantitative estimate of drug-likeness (QED) is 0.720. The van der Waals surface area contributed by atoms with Crippen molar-refractivity contribution in [3.8, 4) is 0 Å². The fourth-order valence-corrected chi connectivity index (χ4v) is 1.66. The molecular weight excluding hydrogens is 208 g/mol. The molecule has 0 fully saturated rings. The molecule has 0 saturated carbocycles. The van der Waals surface area contributed by atoms with Crippen LogP contribution in [0.5, 0.6) is 0 Å². The molecule has 2 nitrogen and oxygen atoms in total. The van der Waals surface area contributed by atoms with Gasteiger partial charge in [0.15, 0.2) is 0 Å². The Morgan fingerprint density at radius 2 is 1.29 bits per heavy atom. The summed E-state index contributed by atoms with van der Waals surface area (Å²) in [6, 6.07) is 11.7. The molecule has 0 aliphatic rings. The van der Waals surface area contributed by atoms with Gasteiger partial charge in [0.2, 0.25) is 0 Å². The fraction of sp³-hybridized carbons (Fsp3) is 0. The number of rotatable bonds is 2. The van der Waals surface area contributed by atoms with Crippen molar-refractivity contribution < 1.29 is 0 Å². The lowest BCUT2D eigenvalue weighted by Crippen LogP contribution is -1.79. The summed E-state index contributed by atoms with van der Waals surface area (Å²) in [5.41, 5.74) is 0. The zero-order valence-corrected chi connectivity index (χ0v) is 9.24. The first-order valence-electron chi connectivity index (χ1n) is 3.95. The van der Waals surface area contributed by atoms with E-state index in [0.717, 1.165) is 10.1 Å². The van der Waals surface area contributed by atoms with Gasteiger partial charge in [-0.05, 0) is 24.3 Å². The maximum Gasteiger partial charge on any atom is 0.102 e. The molecule has 4 heteroatoms. The summed E-state index contributed by atoms with van der Waals surface area (Å²) in [6.07, 6.45) is 3.57. The van der Waals surface area contributed by atoms with Crippen molar-refractivity contribution in [3.05, 3.63) is 48.8 Å². The van der Waals surface area contributed by atoms with Crippen molar-refractivity contribution in [3.63, 3.8) is 0 Å². The molecule has 0 aromatic carbocycles. The first-order valence-corrected chi connectivity index (χ1v) is 4.77. The van der Waals surface area contributed by atoms with Gasteiger partial charge in [0, 0.05) is 23.4 Å². The predicted octanol–water partition coefficient (Wildman–Crippen LogP) is 2.25. The first-order chi connectivity index (χ1) is 6.45. The largest absolute Gasteiger partial charge is 0.250 e. The van der Waals surface area contributed by atoms with Crippen LogP contribution in [0.2, 0.25) is 0 Å². The molecule has 0 bridgehead atoms. The van der Waals surface area contributed by atoms with Gasteiger partial charge >= 0.3 is 0 Å². The lowest BCUT2D eigenvalue weighted by molar-refractivity contribution is 1.09. The van der Waals surface area contributed by atoms with Gasteiger partial charge in [-0.3, -0.25) is 0 Å². The maximum atomic E-state index is 4.20. The summed E-state index contributed by atoms with van der Waals surface area (Å²) < 4.78 is 0. The van der Waals surface area contributed by atoms with E-state index < -0.39 is 0 Å². The van der Waals surface area contributed by atoms with Crippen molar-refractivity contribution >= 4 is 22.7 Å². The Morgan fingerprint density at radius 3 is 1.64 bits per heavy atom. The average Bonchev–Trinajstić information content (AvgIpc) is 2.21. The highest BCUT2D eigenvalue weighted by Gasteiger charge is 1.96. The van der Waals surface area contributed by atoms with Crippen LogP contribution in [0.3, 0.4) is 0 Å². The van der Waals surface area contributed by atoms with E-state index in [0.29, 0.717) is 0 Å². The van der Waals surface area contributed by atoms with E-state index in [-0.39, 0.29) is 11.0 Å². The number of aromatic nitrogens is 2. The SMILES string of the molecule is [Si].c1ccc(Sc2ccccn2)nc1. The molecule has 2 heterocycles. The molecule has 2 rings (SSSR count). The zero-order chi connectivity index (χ0) is 8.93. The molecule has 0 amide bonds. The van der Waals surface area contributed by atoms with E-state index in [1.807, 2.05) is 36.4 Å². The minimum atomic E-state index is 0. The second-order valence-electron chi connectivity index (χ2n) is 2.44. The van der Waals surface area contributed by atoms with E-state index in [4.69, 9.17) is 0 Å². The standard InChI is InChI=1S/C10H8N2S.Si/c1-3-7-11-9(5-1)13-10-6-2-4-8-12-10;/h1-8H;. The molecule has 0 saturated heterocycles. The van der Waals surface area contributed by atoms with E-state index in [1.165, 1.54) is 0 Å². The summed E-state index contributed by atoms with van der Waals surface area (Å²) in [7, 11) is 0. The van der Waals surface area contributed by atoms with E-state index in [2.05, 4.69) is 9.97 Å². The second-order valence-corrected chi connectivity index (χ2v) is 3.48. The molecule has 14 heavy (non-hydrogen) atoms. The van der Waals surface area contributed by atoms with Crippen LogP contribution in [0, 0.1) is 0 Å². The molecule has 0 spiro atoms. The van der Waals surface area contributed by atoms with Crippen LogP contribution >= 0.6 is 11.8 Å². The summed E-state index contributed by atoms with van der Waals surface area (Å²) in [4.78, 5) is 8.39. The lowest BCUT2D eigenvalue weighted by atomic mass is 10.5. The van der Waals surface area contributed by atoms with Crippen molar-refractivity contribution in [1.29, 1.82) is 0 Å². The molecule has 0 N–H and O–H groups in total. The highest BCUT2D eigenvalue weighted by atomic mass is 32.2. The van der Waals surface area contributed by atoms with Crippen LogP contribution in [0.25, 0.3) is 0 Å². The Morgan fingerprint density at radius 1 is 0.786 bits per heavy atom. The third kappa shape index (κ3) is 2.97. The Labute approximate surface area is 91.8 Å². The number of pyridine rings is 2. The predicted molar refractivity (Wildman–Crippen MR) is 58.4 cm³/mol. The van der Waals surface area contributed by atoms with Crippen molar-refractivity contribution in [2.45, 2.75) is 10.1 Å². The second kappa shape index (κ2) is 5.57. The third-order valence-electron chi connectivity index (χ3n) is 1.48. The molecule has 0 aliphatic carbocycles. The van der Waals surface area contributed by atoms with Gasteiger partial charge in [0.1, 0.15) is 10.1 Å². The van der Waals surface area contributed by atoms with Crippen LogP contribution in [-0.4, -0.2) is 20.9 Å². The molecule has 68 valence electrons. The van der Waals surface area contributed by atoms with Crippen LogP contribution < -0.4 is 0 Å². The Hall–Kier alpha value is -1.13. The highest BCUT2D eigenvalue weighted by Crippen LogP contribution is 2.22. The van der Waals surface area contributed by atoms with Crippen LogP contribution in [0.4, 0.5) is 0 Å². The van der Waals surface area contributed by atoms with Gasteiger partial charge in [-0.1, -0.05) is 23.9 Å². The minimum Gasteiger partial charge on any atom is -0.250 e. The van der Waals surface area contributed by atoms with Crippen LogP contribution in [0.15, 0.2) is 58.8 Å². The van der Waals surface area contributed by atoms with Crippen molar-refractivity contribution in [2.75, 3.05) is 0 Å². The van der Waals surface area contributed by atoms with E-state index in [9.17, 15) is 0 Å². The molecule has 4 radical (unpaired) electrons. The smallest absolute Gasteiger partial charge is 0.102 e. The summed E-state index contributed by atoms with van der Waals surface area (Å²) >= 11 is 1.57. The van der Waals surface area contributed by atoms with Gasteiger partial charge < -0.3 is 0 Å². The zero-order valence-electron chi connectivity index (χ0n) is 7.42. The van der Waals surface area contributed by atoms with E-state index >= 15 is 0 Å². The Bertz CT molecular complexity index is 329. The third-order valence-corrected chi connectivity index (χ3v) is 2.39. The minimum absolute atomic E-state index is 0. The fourth-order valence-electron chi connectivity index (χ4n) is 0.922. The van der Waals surface area contributed by atoms with Crippen molar-refractivity contribution in [2.24, 2.45) is 0 Å². The van der Waals surface area contributed by atoms with E-state index in [1.54, 1.807) is 24.2 Å². The lowest BCUT2D eigenvalue weighted by Gasteiger charge is -1.97. The summed E-state index contributed by atoms with van der Waals surface area (Å²) in [6.45, 7) is 0. The summed E-state index contributed by atoms with van der Waals surface area (Å²) in [5, 5.41) is 1.95. The number of nitrogens with zero attached hydrogens (tertiary/aromatic N) is 2. The van der Waals surface area contributed by atoms with Crippen molar-refractivity contribution in [1.82, 2.24) is 9.97 Å². The first kappa shape index (κ1) is 10.9. The number of hydrogen-bond donors (Lipinski definition) is 0. The molecule has 2 aromatic rings. The normalized spacial score (nSPS) is 9.14. The van der Waals surface area contributed by atoms with Gasteiger partial charge in [-0.15, -0.1) is 0 Å². The van der Waals surface area contributed by atoms with Crippen LogP contribution in [-0.2, 0) is 0 Å². The van der Waals surface area contributed by atoms with Gasteiger partial charge in [0.25, 0.3) is 0 Å². The van der Waals surface area contributed by atoms with Crippen LogP contribution in [0.1, 0.15) is 0 Å². The molecule has 2 aromatic heterocycles. The molecular formula is C10H8N2SSi. The average molecular weight is 216 g/mol. The molecule has 0 aliphatic heterocycles. The van der Waals surface area contributed by atoms with Gasteiger partial charge in [-0.25, -0.2) is 9.97 Å². The number of hydrogen-bond acceptors (Lipinski definition) is 3. The molecule has 0 unspecified atom stereocenters. The Balaban J connectivity index is 0.000000980. The maximum absolute atomic E-state index is 4.20. The van der Waals surface area contributed by atoms with Gasteiger partial charge in [0.05, 0.1) is 0 Å². The summed E-state index contributed by atoms with van der Waals surface area (Å²) in [5.74, 6) is 0. The monoisotopic (exact) mass is 216 g/mol. The Kier molecular flexibility index (Phi) is 4.35. The van der Waals surface area contributed by atoms with Gasteiger partial charge in [-0.2, -0.15) is 0 Å². The highest BCUT2D eigenvalue weighted by molar-refractivity contribution is 7.99.